The molecule has 94 valence electrons. The number of para-hydroxylation sites is 2. The number of thiophene rings is 1. The zero-order valence-electron chi connectivity index (χ0n) is 9.28. The summed E-state index contributed by atoms with van der Waals surface area (Å²) < 4.78 is 12.1. The molecule has 0 aliphatic heterocycles. The first-order chi connectivity index (χ1) is 8.61. The predicted molar refractivity (Wildman–Crippen MR) is 77.7 cm³/mol. The topological polar surface area (TPSA) is 35.5 Å². The van der Waals surface area contributed by atoms with Gasteiger partial charge < -0.3 is 9.47 Å². The van der Waals surface area contributed by atoms with Gasteiger partial charge in [0.15, 0.2) is 11.5 Å². The molecule has 0 spiro atoms. The Hall–Kier alpha value is -0.850. The predicted octanol–water partition coefficient (Wildman–Crippen LogP) is 4.50. The molecule has 18 heavy (non-hydrogen) atoms. The van der Waals surface area contributed by atoms with E-state index in [0.29, 0.717) is 16.4 Å². The molecule has 1 heterocycles. The minimum atomic E-state index is -0.407. The summed E-state index contributed by atoms with van der Waals surface area (Å²) in [6.45, 7) is 0. The highest BCUT2D eigenvalue weighted by Gasteiger charge is 2.16. The van der Waals surface area contributed by atoms with Gasteiger partial charge in [-0.1, -0.05) is 12.1 Å². The lowest BCUT2D eigenvalue weighted by molar-refractivity contribution is 0.0735. The van der Waals surface area contributed by atoms with Crippen LogP contribution in [-0.4, -0.2) is 13.1 Å². The number of halogens is 2. The van der Waals surface area contributed by atoms with E-state index in [2.05, 4.69) is 31.9 Å². The van der Waals surface area contributed by atoms with Crippen LogP contribution in [0, 0.1) is 0 Å². The van der Waals surface area contributed by atoms with Gasteiger partial charge in [-0.05, 0) is 50.1 Å². The molecule has 0 aliphatic rings. The van der Waals surface area contributed by atoms with Crippen molar-refractivity contribution in [3.05, 3.63) is 43.5 Å². The Morgan fingerprint density at radius 1 is 1.22 bits per heavy atom. The number of rotatable bonds is 3. The normalized spacial score (nSPS) is 10.2. The van der Waals surface area contributed by atoms with E-state index in [1.165, 1.54) is 18.4 Å². The van der Waals surface area contributed by atoms with Gasteiger partial charge in [0, 0.05) is 4.47 Å². The van der Waals surface area contributed by atoms with Crippen molar-refractivity contribution in [3.8, 4) is 11.5 Å². The van der Waals surface area contributed by atoms with Crippen molar-refractivity contribution in [2.24, 2.45) is 0 Å². The van der Waals surface area contributed by atoms with Crippen LogP contribution in [0.15, 0.2) is 38.6 Å². The number of hydrogen-bond acceptors (Lipinski definition) is 4. The molecule has 0 unspecified atom stereocenters. The Kier molecular flexibility index (Phi) is 4.42. The second-order valence-corrected chi connectivity index (χ2v) is 6.50. The third-order valence-electron chi connectivity index (χ3n) is 2.12. The molecule has 0 atom stereocenters. The SMILES string of the molecule is COc1ccccc1OC(=O)c1cc(Br)c(Br)s1. The highest BCUT2D eigenvalue weighted by Crippen LogP contribution is 2.34. The minimum Gasteiger partial charge on any atom is -0.493 e. The van der Waals surface area contributed by atoms with Gasteiger partial charge in [-0.3, -0.25) is 0 Å². The maximum absolute atomic E-state index is 11.9. The number of esters is 1. The molecule has 2 aromatic rings. The maximum Gasteiger partial charge on any atom is 0.353 e. The molecule has 0 bridgehead atoms. The van der Waals surface area contributed by atoms with E-state index < -0.39 is 5.97 Å². The van der Waals surface area contributed by atoms with Crippen LogP contribution < -0.4 is 9.47 Å². The summed E-state index contributed by atoms with van der Waals surface area (Å²) in [4.78, 5) is 12.5. The van der Waals surface area contributed by atoms with Crippen LogP contribution in [0.2, 0.25) is 0 Å². The first-order valence-electron chi connectivity index (χ1n) is 4.92. The Labute approximate surface area is 125 Å². The van der Waals surface area contributed by atoms with Gasteiger partial charge in [-0.2, -0.15) is 0 Å². The molecule has 0 saturated carbocycles. The van der Waals surface area contributed by atoms with Gasteiger partial charge in [0.2, 0.25) is 0 Å². The lowest BCUT2D eigenvalue weighted by Gasteiger charge is -2.07. The van der Waals surface area contributed by atoms with Crippen molar-refractivity contribution in [2.75, 3.05) is 7.11 Å². The minimum absolute atomic E-state index is 0.407. The summed E-state index contributed by atoms with van der Waals surface area (Å²) >= 11 is 7.98. The summed E-state index contributed by atoms with van der Waals surface area (Å²) in [5, 5.41) is 0. The van der Waals surface area contributed by atoms with Crippen molar-refractivity contribution in [2.45, 2.75) is 0 Å². The first-order valence-corrected chi connectivity index (χ1v) is 7.32. The number of benzene rings is 1. The standard InChI is InChI=1S/C12H8Br2O3S/c1-16-8-4-2-3-5-9(8)17-12(15)10-6-7(13)11(14)18-10/h2-6H,1H3. The maximum atomic E-state index is 11.9. The molecule has 3 nitrogen and oxygen atoms in total. The average Bonchev–Trinajstić information content (AvgIpc) is 2.70. The van der Waals surface area contributed by atoms with E-state index in [1.807, 2.05) is 6.07 Å². The first kappa shape index (κ1) is 13.6. The van der Waals surface area contributed by atoms with Crippen molar-refractivity contribution in [3.63, 3.8) is 0 Å². The number of carbonyl (C=O) groups is 1. The molecule has 0 aliphatic carbocycles. The number of hydrogen-bond donors (Lipinski definition) is 0. The van der Waals surface area contributed by atoms with Crippen LogP contribution >= 0.6 is 43.2 Å². The fourth-order valence-corrected chi connectivity index (χ4v) is 3.21. The van der Waals surface area contributed by atoms with Gasteiger partial charge >= 0.3 is 5.97 Å². The quantitative estimate of drug-likeness (QED) is 0.570. The fourth-order valence-electron chi connectivity index (χ4n) is 1.30. The molecule has 0 saturated heterocycles. The van der Waals surface area contributed by atoms with Gasteiger partial charge in [-0.25, -0.2) is 4.79 Å². The molecule has 0 fully saturated rings. The average molecular weight is 392 g/mol. The molecular formula is C12H8Br2O3S. The van der Waals surface area contributed by atoms with E-state index in [0.717, 1.165) is 8.26 Å². The second-order valence-electron chi connectivity index (χ2n) is 3.27. The summed E-state index contributed by atoms with van der Waals surface area (Å²) in [6.07, 6.45) is 0. The highest BCUT2D eigenvalue weighted by atomic mass is 79.9. The van der Waals surface area contributed by atoms with Crippen molar-refractivity contribution >= 4 is 49.2 Å². The van der Waals surface area contributed by atoms with Crippen LogP contribution in [0.3, 0.4) is 0 Å². The molecule has 1 aromatic carbocycles. The van der Waals surface area contributed by atoms with Crippen LogP contribution in [-0.2, 0) is 0 Å². The Morgan fingerprint density at radius 3 is 2.44 bits per heavy atom. The summed E-state index contributed by atoms with van der Waals surface area (Å²) in [5.41, 5.74) is 0. The van der Waals surface area contributed by atoms with E-state index in [-0.39, 0.29) is 0 Å². The van der Waals surface area contributed by atoms with Crippen LogP contribution in [0.5, 0.6) is 11.5 Å². The Morgan fingerprint density at radius 2 is 1.89 bits per heavy atom. The van der Waals surface area contributed by atoms with E-state index in [4.69, 9.17) is 9.47 Å². The molecule has 0 amide bonds. The Bertz CT molecular complexity index is 561. The zero-order valence-corrected chi connectivity index (χ0v) is 13.3. The Balaban J connectivity index is 2.21. The van der Waals surface area contributed by atoms with Crippen LogP contribution in [0.1, 0.15) is 9.67 Å². The summed E-state index contributed by atoms with van der Waals surface area (Å²) in [5.74, 6) is 0.530. The lowest BCUT2D eigenvalue weighted by Crippen LogP contribution is -2.07. The second kappa shape index (κ2) is 5.86. The number of methoxy groups -OCH3 is 1. The van der Waals surface area contributed by atoms with Gasteiger partial charge in [0.25, 0.3) is 0 Å². The number of ether oxygens (including phenoxy) is 2. The van der Waals surface area contributed by atoms with Gasteiger partial charge in [-0.15, -0.1) is 11.3 Å². The van der Waals surface area contributed by atoms with Crippen LogP contribution in [0.25, 0.3) is 0 Å². The summed E-state index contributed by atoms with van der Waals surface area (Å²) in [6, 6.07) is 8.74. The van der Waals surface area contributed by atoms with Crippen molar-refractivity contribution < 1.29 is 14.3 Å². The van der Waals surface area contributed by atoms with E-state index in [1.54, 1.807) is 24.3 Å². The molecule has 6 heteroatoms. The van der Waals surface area contributed by atoms with Gasteiger partial charge in [0.1, 0.15) is 4.88 Å². The largest absolute Gasteiger partial charge is 0.493 e. The zero-order chi connectivity index (χ0) is 13.1. The highest BCUT2D eigenvalue weighted by molar-refractivity contribution is 9.13. The molecule has 2 rings (SSSR count). The third kappa shape index (κ3) is 2.93. The van der Waals surface area contributed by atoms with Crippen LogP contribution in [0.4, 0.5) is 0 Å². The van der Waals surface area contributed by atoms with E-state index in [9.17, 15) is 4.79 Å². The van der Waals surface area contributed by atoms with E-state index >= 15 is 0 Å². The monoisotopic (exact) mass is 390 g/mol. The number of carbonyl (C=O) groups excluding carboxylic acids is 1. The molecule has 0 N–H and O–H groups in total. The molecule has 0 radical (unpaired) electrons. The smallest absolute Gasteiger partial charge is 0.353 e. The summed E-state index contributed by atoms with van der Waals surface area (Å²) in [7, 11) is 1.53. The van der Waals surface area contributed by atoms with Crippen molar-refractivity contribution in [1.29, 1.82) is 0 Å². The molecular weight excluding hydrogens is 384 g/mol. The lowest BCUT2D eigenvalue weighted by atomic mass is 10.3. The fraction of sp³-hybridized carbons (Fsp3) is 0.0833. The molecule has 1 aromatic heterocycles. The third-order valence-corrected chi connectivity index (χ3v) is 5.35. The van der Waals surface area contributed by atoms with Gasteiger partial charge in [0.05, 0.1) is 10.9 Å². The van der Waals surface area contributed by atoms with Crippen molar-refractivity contribution in [1.82, 2.24) is 0 Å².